The van der Waals surface area contributed by atoms with E-state index in [1.165, 1.54) is 17.0 Å². The minimum atomic E-state index is -2.49. The van der Waals surface area contributed by atoms with Crippen molar-refractivity contribution < 1.29 is 24.6 Å². The minimum absolute atomic E-state index is 0.144. The molecule has 3 aromatic rings. The van der Waals surface area contributed by atoms with Crippen LogP contribution in [0.3, 0.4) is 0 Å². The largest absolute Gasteiger partial charge is 0.379 e. The zero-order chi connectivity index (χ0) is 34.7. The van der Waals surface area contributed by atoms with Crippen LogP contribution in [0.1, 0.15) is 87.0 Å². The number of fused-ring (bicyclic) bond motifs is 4. The van der Waals surface area contributed by atoms with Crippen LogP contribution in [0.2, 0.25) is 0 Å². The molecular weight excluding hydrogens is 448 g/mol. The molecule has 0 bridgehead atoms. The van der Waals surface area contributed by atoms with Crippen molar-refractivity contribution in [1.82, 2.24) is 9.88 Å². The molecule has 2 saturated heterocycles. The maximum atomic E-state index is 14.2. The molecule has 6 rings (SSSR count). The zero-order valence-electron chi connectivity index (χ0n) is 31.2. The van der Waals surface area contributed by atoms with Crippen LogP contribution < -0.4 is 4.90 Å². The summed E-state index contributed by atoms with van der Waals surface area (Å²) in [6, 6.07) is 8.84. The van der Waals surface area contributed by atoms with Crippen LogP contribution >= 0.6 is 0 Å². The molecule has 0 amide bonds. The first kappa shape index (κ1) is 14.0. The lowest BCUT2D eigenvalue weighted by atomic mass is 9.70. The van der Waals surface area contributed by atoms with Crippen LogP contribution in [0.15, 0.2) is 30.3 Å². The summed E-state index contributed by atoms with van der Waals surface area (Å²) in [6.45, 7) is -7.64. The number of morpholine rings is 1. The fraction of sp³-hybridized carbons (Fsp3) is 0.467. The van der Waals surface area contributed by atoms with Crippen molar-refractivity contribution in [3.8, 4) is 6.07 Å². The number of aromatic nitrogens is 1. The van der Waals surface area contributed by atoms with E-state index in [-0.39, 0.29) is 29.7 Å². The summed E-state index contributed by atoms with van der Waals surface area (Å²) < 4.78 is 99.0. The number of benzene rings is 2. The van der Waals surface area contributed by atoms with Crippen molar-refractivity contribution in [2.24, 2.45) is 0 Å². The predicted molar refractivity (Wildman–Crippen MR) is 142 cm³/mol. The molecule has 6 nitrogen and oxygen atoms in total. The Labute approximate surface area is 228 Å². The number of piperidine rings is 1. The van der Waals surface area contributed by atoms with Crippen molar-refractivity contribution in [1.29, 1.82) is 5.26 Å². The van der Waals surface area contributed by atoms with Crippen LogP contribution in [0.5, 0.6) is 0 Å². The van der Waals surface area contributed by atoms with Gasteiger partial charge in [-0.05, 0) is 54.6 Å². The lowest BCUT2D eigenvalue weighted by Crippen LogP contribution is -2.49. The first-order valence-corrected chi connectivity index (χ1v) is 11.9. The highest BCUT2D eigenvalue weighted by atomic mass is 16.5. The van der Waals surface area contributed by atoms with Gasteiger partial charge in [-0.3, -0.25) is 9.69 Å². The maximum absolute atomic E-state index is 14.2. The van der Waals surface area contributed by atoms with Crippen molar-refractivity contribution in [2.75, 3.05) is 44.1 Å². The van der Waals surface area contributed by atoms with E-state index in [2.05, 4.69) is 11.1 Å². The van der Waals surface area contributed by atoms with Gasteiger partial charge in [-0.15, -0.1) is 0 Å². The molecule has 1 aromatic heterocycles. The average molecular weight is 494 g/mol. The summed E-state index contributed by atoms with van der Waals surface area (Å²) in [4.78, 5) is 19.7. The van der Waals surface area contributed by atoms with Crippen molar-refractivity contribution in [2.45, 2.75) is 51.4 Å². The number of aromatic amines is 1. The van der Waals surface area contributed by atoms with Crippen molar-refractivity contribution in [3.05, 3.63) is 63.8 Å². The Morgan fingerprint density at radius 1 is 1.25 bits per heavy atom. The van der Waals surface area contributed by atoms with Crippen LogP contribution in [-0.2, 0) is 16.5 Å². The molecule has 2 aromatic carbocycles. The van der Waals surface area contributed by atoms with Gasteiger partial charge in [-0.25, -0.2) is 0 Å². The lowest BCUT2D eigenvalue weighted by Gasteiger charge is -2.42. The average Bonchev–Trinajstić information content (AvgIpc) is 3.33. The van der Waals surface area contributed by atoms with E-state index in [1.54, 1.807) is 18.2 Å². The second-order valence-electron chi connectivity index (χ2n) is 9.80. The highest BCUT2D eigenvalue weighted by Crippen LogP contribution is 2.46. The summed E-state index contributed by atoms with van der Waals surface area (Å²) in [5, 5.41) is 10.00. The molecule has 36 heavy (non-hydrogen) atoms. The Bertz CT molecular complexity index is 1810. The number of hydrogen-bond acceptors (Lipinski definition) is 5. The quantitative estimate of drug-likeness (QED) is 0.569. The molecule has 2 fully saturated rings. The van der Waals surface area contributed by atoms with Crippen LogP contribution in [0, 0.1) is 11.3 Å². The fourth-order valence-corrected chi connectivity index (χ4v) is 5.41. The SMILES string of the molecule is [2H]CC([2H])([2H])c1cc2c(cc1N1C([2H])([2H])CC(N3CC([2H])([2H])OC([2H])([2H])C3)CC1([2H])[2H])C(C)(C)c1[nH]c3cc(C#N)ccc3c1C2=O. The number of carbonyl (C=O) groups is 1. The third kappa shape index (κ3) is 3.56. The van der Waals surface area contributed by atoms with Gasteiger partial charge in [0, 0.05) is 75.0 Å². The number of hydrogen-bond donors (Lipinski definition) is 1. The van der Waals surface area contributed by atoms with Crippen LogP contribution in [0.4, 0.5) is 5.69 Å². The Morgan fingerprint density at radius 2 is 2.03 bits per heavy atom. The van der Waals surface area contributed by atoms with E-state index in [1.807, 2.05) is 13.8 Å². The molecule has 0 atom stereocenters. The molecular formula is C30H34N4O2. The van der Waals surface area contributed by atoms with E-state index >= 15 is 0 Å². The summed E-state index contributed by atoms with van der Waals surface area (Å²) in [5.74, 6) is -0.417. The summed E-state index contributed by atoms with van der Waals surface area (Å²) in [7, 11) is 0. The second kappa shape index (κ2) is 8.76. The third-order valence-corrected chi connectivity index (χ3v) is 7.43. The number of anilines is 1. The smallest absolute Gasteiger partial charge is 0.195 e. The number of rotatable bonds is 3. The first-order chi connectivity index (χ1) is 21.5. The van der Waals surface area contributed by atoms with E-state index < -0.39 is 69.7 Å². The predicted octanol–water partition coefficient (Wildman–Crippen LogP) is 4.77. The molecule has 0 unspecified atom stereocenters. The molecule has 2 aliphatic heterocycles. The van der Waals surface area contributed by atoms with Gasteiger partial charge in [0.2, 0.25) is 0 Å². The second-order valence-corrected chi connectivity index (χ2v) is 9.80. The lowest BCUT2D eigenvalue weighted by molar-refractivity contribution is 0.0115. The Morgan fingerprint density at radius 3 is 2.75 bits per heavy atom. The number of carbonyl (C=O) groups excluding carboxylic acids is 1. The molecule has 186 valence electrons. The van der Waals surface area contributed by atoms with Crippen molar-refractivity contribution in [3.63, 3.8) is 0 Å². The highest BCUT2D eigenvalue weighted by molar-refractivity contribution is 6.20. The molecule has 6 heteroatoms. The van der Waals surface area contributed by atoms with E-state index in [4.69, 9.17) is 19.8 Å². The van der Waals surface area contributed by atoms with Gasteiger partial charge in [0.15, 0.2) is 5.78 Å². The molecule has 0 radical (unpaired) electrons. The normalized spacial score (nSPS) is 30.8. The maximum Gasteiger partial charge on any atom is 0.195 e. The zero-order valence-corrected chi connectivity index (χ0v) is 20.2. The number of nitriles is 1. The molecule has 0 saturated carbocycles. The fourth-order valence-electron chi connectivity index (χ4n) is 5.41. The molecule has 3 aliphatic rings. The highest BCUT2D eigenvalue weighted by Gasteiger charge is 2.40. The topological polar surface area (TPSA) is 72.4 Å². The van der Waals surface area contributed by atoms with Gasteiger partial charge in [-0.1, -0.05) is 26.8 Å². The minimum Gasteiger partial charge on any atom is -0.379 e. The number of nitrogens with one attached hydrogen (secondary N) is 1. The molecule has 1 N–H and O–H groups in total. The monoisotopic (exact) mass is 493 g/mol. The number of H-pyrrole nitrogens is 1. The summed E-state index contributed by atoms with van der Waals surface area (Å²) in [6.07, 6.45) is -3.14. The van der Waals surface area contributed by atoms with Gasteiger partial charge in [0.25, 0.3) is 0 Å². The summed E-state index contributed by atoms with van der Waals surface area (Å²) in [5.41, 5.74) is 1.13. The third-order valence-electron chi connectivity index (χ3n) is 7.43. The first-order valence-electron chi connectivity index (χ1n) is 17.6. The number of ether oxygens (including phenoxy) is 1. The summed E-state index contributed by atoms with van der Waals surface area (Å²) >= 11 is 0. The van der Waals surface area contributed by atoms with Crippen molar-refractivity contribution >= 4 is 22.4 Å². The molecule has 3 heterocycles. The van der Waals surface area contributed by atoms with Gasteiger partial charge in [0.1, 0.15) is 0 Å². The van der Waals surface area contributed by atoms with E-state index in [0.29, 0.717) is 33.3 Å². The number of aryl methyl sites for hydroxylation is 1. The number of nitrogens with zero attached hydrogens (tertiary/aromatic N) is 3. The Balaban J connectivity index is 1.50. The van der Waals surface area contributed by atoms with Gasteiger partial charge >= 0.3 is 0 Å². The van der Waals surface area contributed by atoms with E-state index in [0.717, 1.165) is 4.90 Å². The van der Waals surface area contributed by atoms with Gasteiger partial charge < -0.3 is 14.6 Å². The number of ketones is 1. The van der Waals surface area contributed by atoms with Gasteiger partial charge in [0.05, 0.1) is 35.8 Å². The van der Waals surface area contributed by atoms with Crippen LogP contribution in [-0.4, -0.2) is 60.9 Å². The standard InChI is InChI=1S/C30H34N4O2/c1-4-20-16-23-24(17-26(20)34-9-7-21(8-10-34)33-11-13-36-14-12-33)30(2,3)29-27(28(23)35)22-6-5-19(18-31)15-25(22)32-29/h5-6,15-17,21,32H,4,7-14H2,1-3H3/i1D,4D2,9D2,10D2,13D2,14D2. The Hall–Kier alpha value is -3.14. The Kier molecular flexibility index (Phi) is 3.40. The van der Waals surface area contributed by atoms with Gasteiger partial charge in [-0.2, -0.15) is 5.26 Å². The van der Waals surface area contributed by atoms with E-state index in [9.17, 15) is 10.1 Å². The molecule has 0 spiro atoms. The van der Waals surface area contributed by atoms with Crippen LogP contribution in [0.25, 0.3) is 10.9 Å². The molecule has 1 aliphatic carbocycles.